The Labute approximate surface area is 106 Å². The van der Waals surface area contributed by atoms with Gasteiger partial charge in [-0.3, -0.25) is 4.79 Å². The molecular weight excluding hydrogens is 256 g/mol. The molecule has 18 heavy (non-hydrogen) atoms. The van der Waals surface area contributed by atoms with Crippen molar-refractivity contribution in [2.75, 3.05) is 6.61 Å². The highest BCUT2D eigenvalue weighted by Crippen LogP contribution is 2.24. The van der Waals surface area contributed by atoms with E-state index in [0.717, 1.165) is 0 Å². The van der Waals surface area contributed by atoms with E-state index in [1.807, 2.05) is 0 Å². The molecule has 0 aromatic heterocycles. The predicted octanol–water partition coefficient (Wildman–Crippen LogP) is 0.932. The fourth-order valence-corrected chi connectivity index (χ4v) is 3.70. The van der Waals surface area contributed by atoms with Gasteiger partial charge in [-0.05, 0) is 18.6 Å². The first-order valence-corrected chi connectivity index (χ1v) is 7.08. The molecule has 0 fully saturated rings. The van der Waals surface area contributed by atoms with Crippen LogP contribution in [0.4, 0.5) is 0 Å². The molecule has 5 nitrogen and oxygen atoms in total. The molecule has 6 heteroatoms. The van der Waals surface area contributed by atoms with Crippen LogP contribution < -0.4 is 0 Å². The Bertz CT molecular complexity index is 494. The normalized spacial score (nSPS) is 15.0. The van der Waals surface area contributed by atoms with Gasteiger partial charge in [-0.15, -0.1) is 0 Å². The van der Waals surface area contributed by atoms with Crippen molar-refractivity contribution in [2.45, 2.75) is 23.5 Å². The number of carboxylic acid groups (broad SMARTS) is 1. The van der Waals surface area contributed by atoms with E-state index in [9.17, 15) is 13.2 Å². The number of rotatable bonds is 6. The summed E-state index contributed by atoms with van der Waals surface area (Å²) < 4.78 is 24.6. The van der Waals surface area contributed by atoms with Gasteiger partial charge in [-0.25, -0.2) is 8.42 Å². The first kappa shape index (κ1) is 14.7. The van der Waals surface area contributed by atoms with Gasteiger partial charge in [0.25, 0.3) is 0 Å². The lowest BCUT2D eigenvalue weighted by molar-refractivity contribution is -0.141. The second-order valence-electron chi connectivity index (χ2n) is 4.04. The lowest BCUT2D eigenvalue weighted by Gasteiger charge is -2.20. The summed E-state index contributed by atoms with van der Waals surface area (Å²) in [5, 5.41) is 16.7. The van der Waals surface area contributed by atoms with Crippen molar-refractivity contribution in [2.24, 2.45) is 5.92 Å². The van der Waals surface area contributed by atoms with Crippen LogP contribution >= 0.6 is 0 Å². The molecule has 0 heterocycles. The van der Waals surface area contributed by atoms with Crippen LogP contribution in [0.15, 0.2) is 35.2 Å². The number of aliphatic hydroxyl groups excluding tert-OH is 1. The van der Waals surface area contributed by atoms with Crippen molar-refractivity contribution >= 4 is 15.8 Å². The lowest BCUT2D eigenvalue weighted by Crippen LogP contribution is -2.34. The Morgan fingerprint density at radius 2 is 1.83 bits per heavy atom. The number of carbonyl (C=O) groups is 1. The molecular formula is C12H16O5S. The van der Waals surface area contributed by atoms with Crippen LogP contribution in [0.1, 0.15) is 13.3 Å². The zero-order valence-electron chi connectivity index (χ0n) is 9.98. The number of benzene rings is 1. The SMILES string of the molecule is CC(C(=O)O)C(CCO)S(=O)(=O)c1ccccc1. The third kappa shape index (κ3) is 3.08. The molecule has 0 amide bonds. The topological polar surface area (TPSA) is 91.7 Å². The monoisotopic (exact) mass is 272 g/mol. The third-order valence-corrected chi connectivity index (χ3v) is 5.20. The van der Waals surface area contributed by atoms with Gasteiger partial charge in [0.1, 0.15) is 0 Å². The molecule has 0 aliphatic rings. The fourth-order valence-electron chi connectivity index (χ4n) is 1.75. The maximum atomic E-state index is 12.3. The number of sulfone groups is 1. The van der Waals surface area contributed by atoms with E-state index in [4.69, 9.17) is 10.2 Å². The van der Waals surface area contributed by atoms with E-state index < -0.39 is 27.0 Å². The molecule has 0 aliphatic carbocycles. The van der Waals surface area contributed by atoms with Crippen LogP contribution in [0, 0.1) is 5.92 Å². The number of aliphatic hydroxyl groups is 1. The first-order valence-electron chi connectivity index (χ1n) is 5.54. The average Bonchev–Trinajstić information content (AvgIpc) is 2.36. The van der Waals surface area contributed by atoms with Crippen molar-refractivity contribution in [1.82, 2.24) is 0 Å². The van der Waals surface area contributed by atoms with E-state index in [-0.39, 0.29) is 17.9 Å². The minimum atomic E-state index is -3.75. The summed E-state index contributed by atoms with van der Waals surface area (Å²) in [5.74, 6) is -2.25. The summed E-state index contributed by atoms with van der Waals surface area (Å²) in [6.07, 6.45) is -0.0926. The minimum Gasteiger partial charge on any atom is -0.481 e. The van der Waals surface area contributed by atoms with Crippen molar-refractivity contribution < 1.29 is 23.4 Å². The Balaban J connectivity index is 3.17. The Morgan fingerprint density at radius 3 is 2.28 bits per heavy atom. The summed E-state index contributed by atoms with van der Waals surface area (Å²) in [6, 6.07) is 7.69. The molecule has 0 saturated carbocycles. The Kier molecular flexibility index (Phi) is 4.86. The molecule has 0 saturated heterocycles. The zero-order chi connectivity index (χ0) is 13.8. The first-order chi connectivity index (χ1) is 8.41. The van der Waals surface area contributed by atoms with Gasteiger partial charge in [0.2, 0.25) is 0 Å². The van der Waals surface area contributed by atoms with Crippen LogP contribution in [0.5, 0.6) is 0 Å². The largest absolute Gasteiger partial charge is 0.481 e. The molecule has 2 N–H and O–H groups in total. The van der Waals surface area contributed by atoms with E-state index in [0.29, 0.717) is 0 Å². The maximum absolute atomic E-state index is 12.3. The van der Waals surface area contributed by atoms with E-state index in [1.54, 1.807) is 18.2 Å². The molecule has 0 spiro atoms. The number of aliphatic carboxylic acids is 1. The lowest BCUT2D eigenvalue weighted by atomic mass is 10.1. The number of hydrogen-bond acceptors (Lipinski definition) is 4. The van der Waals surface area contributed by atoms with Gasteiger partial charge in [0.15, 0.2) is 9.84 Å². The smallest absolute Gasteiger partial charge is 0.307 e. The number of hydrogen-bond donors (Lipinski definition) is 2. The molecule has 0 aliphatic heterocycles. The molecule has 1 rings (SSSR count). The second kappa shape index (κ2) is 5.97. The molecule has 1 aromatic rings. The average molecular weight is 272 g/mol. The molecule has 1 aromatic carbocycles. The highest BCUT2D eigenvalue weighted by Gasteiger charge is 2.35. The Hall–Kier alpha value is -1.40. The van der Waals surface area contributed by atoms with Gasteiger partial charge in [-0.1, -0.05) is 25.1 Å². The standard InChI is InChI=1S/C12H16O5S/c1-9(12(14)15)11(7-8-13)18(16,17)10-5-3-2-4-6-10/h2-6,9,11,13H,7-8H2,1H3,(H,14,15). The van der Waals surface area contributed by atoms with Crippen LogP contribution in [-0.2, 0) is 14.6 Å². The van der Waals surface area contributed by atoms with Crippen LogP contribution in [0.2, 0.25) is 0 Å². The zero-order valence-corrected chi connectivity index (χ0v) is 10.8. The summed E-state index contributed by atoms with van der Waals surface area (Å²) in [5.41, 5.74) is 0. The van der Waals surface area contributed by atoms with Gasteiger partial charge in [0.05, 0.1) is 16.1 Å². The van der Waals surface area contributed by atoms with Gasteiger partial charge in [-0.2, -0.15) is 0 Å². The highest BCUT2D eigenvalue weighted by atomic mass is 32.2. The quantitative estimate of drug-likeness (QED) is 0.804. The van der Waals surface area contributed by atoms with Crippen LogP contribution in [-0.4, -0.2) is 36.5 Å². The molecule has 2 atom stereocenters. The van der Waals surface area contributed by atoms with Crippen molar-refractivity contribution in [3.05, 3.63) is 30.3 Å². The van der Waals surface area contributed by atoms with Crippen LogP contribution in [0.25, 0.3) is 0 Å². The minimum absolute atomic E-state index is 0.0801. The Morgan fingerprint density at radius 1 is 1.28 bits per heavy atom. The maximum Gasteiger partial charge on any atom is 0.307 e. The molecule has 0 bridgehead atoms. The summed E-state index contributed by atoms with van der Waals surface area (Å²) in [7, 11) is -3.75. The van der Waals surface area contributed by atoms with E-state index in [2.05, 4.69) is 0 Å². The highest BCUT2D eigenvalue weighted by molar-refractivity contribution is 7.92. The van der Waals surface area contributed by atoms with Gasteiger partial charge < -0.3 is 10.2 Å². The van der Waals surface area contributed by atoms with E-state index >= 15 is 0 Å². The van der Waals surface area contributed by atoms with Gasteiger partial charge in [0, 0.05) is 6.61 Å². The van der Waals surface area contributed by atoms with E-state index in [1.165, 1.54) is 19.1 Å². The summed E-state index contributed by atoms with van der Waals surface area (Å²) in [4.78, 5) is 11.0. The molecule has 0 radical (unpaired) electrons. The van der Waals surface area contributed by atoms with Crippen molar-refractivity contribution in [1.29, 1.82) is 0 Å². The van der Waals surface area contributed by atoms with Crippen LogP contribution in [0.3, 0.4) is 0 Å². The summed E-state index contributed by atoms with van der Waals surface area (Å²) >= 11 is 0. The molecule has 2 unspecified atom stereocenters. The van der Waals surface area contributed by atoms with Crippen molar-refractivity contribution in [3.8, 4) is 0 Å². The summed E-state index contributed by atoms with van der Waals surface area (Å²) in [6.45, 7) is 0.970. The van der Waals surface area contributed by atoms with Crippen molar-refractivity contribution in [3.63, 3.8) is 0 Å². The van der Waals surface area contributed by atoms with Gasteiger partial charge >= 0.3 is 5.97 Å². The number of carboxylic acids is 1. The third-order valence-electron chi connectivity index (χ3n) is 2.83. The predicted molar refractivity (Wildman–Crippen MR) is 65.9 cm³/mol. The fraction of sp³-hybridized carbons (Fsp3) is 0.417. The molecule has 100 valence electrons. The second-order valence-corrected chi connectivity index (χ2v) is 6.20.